The van der Waals surface area contributed by atoms with Gasteiger partial charge in [-0.15, -0.1) is 0 Å². The van der Waals surface area contributed by atoms with Crippen LogP contribution in [0, 0.1) is 5.92 Å². The predicted octanol–water partition coefficient (Wildman–Crippen LogP) is 1.46. The summed E-state index contributed by atoms with van der Waals surface area (Å²) in [5.74, 6) is 1.57. The van der Waals surface area contributed by atoms with E-state index in [1.54, 1.807) is 0 Å². The summed E-state index contributed by atoms with van der Waals surface area (Å²) in [7, 11) is 0. The van der Waals surface area contributed by atoms with Crippen LogP contribution in [0.4, 0.5) is 5.95 Å². The molecule has 0 radical (unpaired) electrons. The zero-order chi connectivity index (χ0) is 13.9. The molecule has 0 amide bonds. The van der Waals surface area contributed by atoms with Gasteiger partial charge < -0.3 is 9.64 Å². The molecule has 2 aliphatic rings. The van der Waals surface area contributed by atoms with Gasteiger partial charge >= 0.3 is 6.01 Å². The van der Waals surface area contributed by atoms with Crippen molar-refractivity contribution in [2.75, 3.05) is 44.2 Å². The number of piperazine rings is 1. The molecule has 0 aromatic carbocycles. The van der Waals surface area contributed by atoms with Gasteiger partial charge in [0.25, 0.3) is 0 Å². The highest BCUT2D eigenvalue weighted by Gasteiger charge is 2.27. The summed E-state index contributed by atoms with van der Waals surface area (Å²) in [4.78, 5) is 17.2. The molecule has 0 N–H and O–H groups in total. The fraction of sp³-hybridized carbons (Fsp3) is 0.769. The maximum Gasteiger partial charge on any atom is 0.322 e. The van der Waals surface area contributed by atoms with Crippen LogP contribution < -0.4 is 9.64 Å². The molecule has 20 heavy (non-hydrogen) atoms. The Kier molecular flexibility index (Phi) is 4.21. The minimum Gasteiger partial charge on any atom is -0.464 e. The van der Waals surface area contributed by atoms with Crippen molar-refractivity contribution in [1.82, 2.24) is 19.9 Å². The Labute approximate surface area is 124 Å². The minimum absolute atomic E-state index is 0.193. The third kappa shape index (κ3) is 3.49. The number of anilines is 1. The van der Waals surface area contributed by atoms with Crippen LogP contribution in [0.15, 0.2) is 0 Å². The van der Waals surface area contributed by atoms with Crippen LogP contribution in [0.3, 0.4) is 0 Å². The summed E-state index contributed by atoms with van der Waals surface area (Å²) >= 11 is 5.93. The second kappa shape index (κ2) is 6.10. The highest BCUT2D eigenvalue weighted by atomic mass is 35.5. The van der Waals surface area contributed by atoms with Crippen molar-refractivity contribution < 1.29 is 4.74 Å². The van der Waals surface area contributed by atoms with E-state index in [9.17, 15) is 0 Å². The van der Waals surface area contributed by atoms with Crippen LogP contribution in [0.1, 0.15) is 19.8 Å². The van der Waals surface area contributed by atoms with Gasteiger partial charge in [0.2, 0.25) is 11.2 Å². The largest absolute Gasteiger partial charge is 0.464 e. The fourth-order valence-electron chi connectivity index (χ4n) is 2.45. The van der Waals surface area contributed by atoms with Gasteiger partial charge in [0.15, 0.2) is 0 Å². The van der Waals surface area contributed by atoms with Crippen LogP contribution in [-0.4, -0.2) is 59.2 Å². The third-order valence-corrected chi connectivity index (χ3v) is 3.89. The van der Waals surface area contributed by atoms with Gasteiger partial charge in [0.1, 0.15) is 0 Å². The lowest BCUT2D eigenvalue weighted by molar-refractivity contribution is 0.246. The van der Waals surface area contributed by atoms with E-state index in [0.717, 1.165) is 32.1 Å². The molecule has 6 nitrogen and oxygen atoms in total. The lowest BCUT2D eigenvalue weighted by atomic mass is 10.3. The first kappa shape index (κ1) is 13.8. The van der Waals surface area contributed by atoms with E-state index in [0.29, 0.717) is 18.6 Å². The molecule has 110 valence electrons. The zero-order valence-corrected chi connectivity index (χ0v) is 12.5. The molecular formula is C13H20ClN5O. The molecule has 2 fully saturated rings. The van der Waals surface area contributed by atoms with E-state index in [1.807, 2.05) is 6.92 Å². The second-order valence-electron chi connectivity index (χ2n) is 5.35. The number of nitrogens with zero attached hydrogens (tertiary/aromatic N) is 5. The molecule has 1 aliphatic carbocycles. The standard InChI is InChI=1S/C13H20ClN5O/c1-2-20-13-16-11(14)15-12(17-13)19-7-5-18(6-8-19)9-10-3-4-10/h10H,2-9H2,1H3. The first-order valence-electron chi connectivity index (χ1n) is 7.26. The van der Waals surface area contributed by atoms with E-state index in [-0.39, 0.29) is 5.28 Å². The minimum atomic E-state index is 0.193. The molecule has 7 heteroatoms. The monoisotopic (exact) mass is 297 g/mol. The van der Waals surface area contributed by atoms with E-state index >= 15 is 0 Å². The molecule has 0 bridgehead atoms. The van der Waals surface area contributed by atoms with Gasteiger partial charge in [0.05, 0.1) is 6.61 Å². The van der Waals surface area contributed by atoms with Crippen molar-refractivity contribution in [1.29, 1.82) is 0 Å². The number of hydrogen-bond donors (Lipinski definition) is 0. The molecule has 1 saturated heterocycles. The van der Waals surface area contributed by atoms with Crippen molar-refractivity contribution in [2.45, 2.75) is 19.8 Å². The Morgan fingerprint density at radius 2 is 1.90 bits per heavy atom. The molecule has 0 atom stereocenters. The van der Waals surface area contributed by atoms with Gasteiger partial charge in [-0.05, 0) is 37.3 Å². The summed E-state index contributed by atoms with van der Waals surface area (Å²) in [6, 6.07) is 0.308. The third-order valence-electron chi connectivity index (χ3n) is 3.72. The van der Waals surface area contributed by atoms with Gasteiger partial charge in [0, 0.05) is 32.7 Å². The highest BCUT2D eigenvalue weighted by molar-refractivity contribution is 6.28. The van der Waals surface area contributed by atoms with E-state index in [4.69, 9.17) is 16.3 Å². The normalized spacial score (nSPS) is 20.2. The Bertz CT molecular complexity index is 460. The second-order valence-corrected chi connectivity index (χ2v) is 5.69. The molecular weight excluding hydrogens is 278 g/mol. The van der Waals surface area contributed by atoms with Gasteiger partial charge in [-0.3, -0.25) is 4.90 Å². The van der Waals surface area contributed by atoms with Crippen LogP contribution in [-0.2, 0) is 0 Å². The van der Waals surface area contributed by atoms with Gasteiger partial charge in [-0.1, -0.05) is 0 Å². The number of hydrogen-bond acceptors (Lipinski definition) is 6. The first-order valence-corrected chi connectivity index (χ1v) is 7.64. The summed E-state index contributed by atoms with van der Waals surface area (Å²) in [6.07, 6.45) is 2.81. The van der Waals surface area contributed by atoms with Crippen LogP contribution in [0.2, 0.25) is 5.28 Å². The van der Waals surface area contributed by atoms with Crippen molar-refractivity contribution in [3.8, 4) is 6.01 Å². The quantitative estimate of drug-likeness (QED) is 0.820. The smallest absolute Gasteiger partial charge is 0.322 e. The molecule has 1 aromatic rings. The number of rotatable bonds is 5. The Morgan fingerprint density at radius 3 is 2.55 bits per heavy atom. The lowest BCUT2D eigenvalue weighted by Crippen LogP contribution is -2.47. The first-order chi connectivity index (χ1) is 9.74. The van der Waals surface area contributed by atoms with Crippen LogP contribution >= 0.6 is 11.6 Å². The van der Waals surface area contributed by atoms with Gasteiger partial charge in [-0.25, -0.2) is 0 Å². The van der Waals surface area contributed by atoms with Crippen molar-refractivity contribution >= 4 is 17.5 Å². The summed E-state index contributed by atoms with van der Waals surface area (Å²) in [5, 5.41) is 0.193. The molecule has 1 saturated carbocycles. The van der Waals surface area contributed by atoms with Crippen molar-refractivity contribution in [3.05, 3.63) is 5.28 Å². The fourth-order valence-corrected chi connectivity index (χ4v) is 2.60. The molecule has 2 heterocycles. The predicted molar refractivity (Wildman–Crippen MR) is 77.4 cm³/mol. The van der Waals surface area contributed by atoms with Crippen molar-refractivity contribution in [3.63, 3.8) is 0 Å². The SMILES string of the molecule is CCOc1nc(Cl)nc(N2CCN(CC3CC3)CC2)n1. The summed E-state index contributed by atoms with van der Waals surface area (Å²) in [6.45, 7) is 7.64. The van der Waals surface area contributed by atoms with Crippen LogP contribution in [0.5, 0.6) is 6.01 Å². The average molecular weight is 298 g/mol. The molecule has 0 unspecified atom stereocenters. The summed E-state index contributed by atoms with van der Waals surface area (Å²) < 4.78 is 5.32. The van der Waals surface area contributed by atoms with E-state index < -0.39 is 0 Å². The Morgan fingerprint density at radius 1 is 1.15 bits per heavy atom. The van der Waals surface area contributed by atoms with Gasteiger partial charge in [-0.2, -0.15) is 15.0 Å². The highest BCUT2D eigenvalue weighted by Crippen LogP contribution is 2.30. The number of ether oxygens (including phenoxy) is 1. The topological polar surface area (TPSA) is 54.4 Å². The maximum atomic E-state index is 5.93. The van der Waals surface area contributed by atoms with Crippen molar-refractivity contribution in [2.24, 2.45) is 5.92 Å². The molecule has 1 aromatic heterocycles. The zero-order valence-electron chi connectivity index (χ0n) is 11.8. The number of aromatic nitrogens is 3. The molecule has 1 aliphatic heterocycles. The number of halogens is 1. The van der Waals surface area contributed by atoms with E-state index in [2.05, 4.69) is 24.8 Å². The Hall–Kier alpha value is -1.14. The molecule has 3 rings (SSSR count). The molecule has 0 spiro atoms. The average Bonchev–Trinajstić information content (AvgIpc) is 3.23. The van der Waals surface area contributed by atoms with E-state index in [1.165, 1.54) is 19.4 Å². The summed E-state index contributed by atoms with van der Waals surface area (Å²) in [5.41, 5.74) is 0. The van der Waals surface area contributed by atoms with Crippen LogP contribution in [0.25, 0.3) is 0 Å². The Balaban J connectivity index is 1.61. The lowest BCUT2D eigenvalue weighted by Gasteiger charge is -2.34. The maximum absolute atomic E-state index is 5.93.